The van der Waals surface area contributed by atoms with Crippen LogP contribution in [0.5, 0.6) is 0 Å². The molecule has 1 atom stereocenters. The van der Waals surface area contributed by atoms with E-state index >= 15 is 0 Å². The van der Waals surface area contributed by atoms with Gasteiger partial charge in [0.1, 0.15) is 6.04 Å². The molecule has 4 nitrogen and oxygen atoms in total. The Bertz CT molecular complexity index is 219. The van der Waals surface area contributed by atoms with Gasteiger partial charge < -0.3 is 10.4 Å². The monoisotopic (exact) mass is 234 g/mol. The average Bonchev–Trinajstić information content (AvgIpc) is 2.67. The molecule has 0 aliphatic carbocycles. The van der Waals surface area contributed by atoms with Crippen LogP contribution in [0.4, 0.5) is 0 Å². The molecule has 0 unspecified atom stereocenters. The van der Waals surface area contributed by atoms with Gasteiger partial charge in [-0.05, 0) is 45.3 Å². The van der Waals surface area contributed by atoms with Gasteiger partial charge >= 0.3 is 5.97 Å². The highest BCUT2D eigenvalue weighted by molar-refractivity contribution is 5.85. The summed E-state index contributed by atoms with van der Waals surface area (Å²) in [7, 11) is 0. The second kappa shape index (κ2) is 5.68. The first-order valence-electron chi connectivity index (χ1n) is 5.48. The molecule has 0 aromatic heterocycles. The summed E-state index contributed by atoms with van der Waals surface area (Å²) in [6.45, 7) is 3.04. The number of piperidine rings is 1. The molecule has 88 valence electrons. The highest BCUT2D eigenvalue weighted by Crippen LogP contribution is 2.24. The highest BCUT2D eigenvalue weighted by Gasteiger charge is 2.35. The Hall–Kier alpha value is -0.320. The number of rotatable bonds is 2. The van der Waals surface area contributed by atoms with Crippen LogP contribution in [0.25, 0.3) is 0 Å². The number of nitrogens with zero attached hydrogens (tertiary/aromatic N) is 1. The van der Waals surface area contributed by atoms with E-state index in [9.17, 15) is 4.79 Å². The lowest BCUT2D eigenvalue weighted by Crippen LogP contribution is -2.47. The zero-order chi connectivity index (χ0) is 9.97. The van der Waals surface area contributed by atoms with E-state index in [1.54, 1.807) is 0 Å². The molecule has 2 fully saturated rings. The number of aliphatic carboxylic acids is 1. The first kappa shape index (κ1) is 12.7. The number of likely N-dealkylation sites (tertiary alicyclic amines) is 1. The van der Waals surface area contributed by atoms with E-state index in [1.165, 1.54) is 0 Å². The SMILES string of the molecule is Cl.O=C(O)[C@@H]1CCCN1C1CCNCC1. The normalized spacial score (nSPS) is 28.7. The fourth-order valence-corrected chi connectivity index (χ4v) is 2.63. The van der Waals surface area contributed by atoms with Gasteiger partial charge in [0.15, 0.2) is 0 Å². The second-order valence-electron chi connectivity index (χ2n) is 4.22. The first-order valence-corrected chi connectivity index (χ1v) is 5.48. The summed E-state index contributed by atoms with van der Waals surface area (Å²) in [5.41, 5.74) is 0. The van der Waals surface area contributed by atoms with Crippen molar-refractivity contribution in [3.05, 3.63) is 0 Å². The summed E-state index contributed by atoms with van der Waals surface area (Å²) in [5.74, 6) is -0.638. The minimum atomic E-state index is -0.638. The van der Waals surface area contributed by atoms with Gasteiger partial charge in [0.25, 0.3) is 0 Å². The number of halogens is 1. The van der Waals surface area contributed by atoms with Gasteiger partial charge in [-0.3, -0.25) is 9.69 Å². The maximum absolute atomic E-state index is 11.0. The van der Waals surface area contributed by atoms with Crippen LogP contribution in [0.3, 0.4) is 0 Å². The summed E-state index contributed by atoms with van der Waals surface area (Å²) < 4.78 is 0. The van der Waals surface area contributed by atoms with Crippen molar-refractivity contribution in [1.29, 1.82) is 0 Å². The lowest BCUT2D eigenvalue weighted by molar-refractivity contribution is -0.143. The van der Waals surface area contributed by atoms with E-state index in [4.69, 9.17) is 5.11 Å². The third-order valence-corrected chi connectivity index (χ3v) is 3.36. The van der Waals surface area contributed by atoms with Gasteiger partial charge in [-0.1, -0.05) is 0 Å². The summed E-state index contributed by atoms with van der Waals surface area (Å²) in [6, 6.07) is 0.290. The van der Waals surface area contributed by atoms with Gasteiger partial charge in [-0.2, -0.15) is 0 Å². The van der Waals surface area contributed by atoms with Crippen LogP contribution in [-0.2, 0) is 4.79 Å². The van der Waals surface area contributed by atoms with Crippen molar-refractivity contribution >= 4 is 18.4 Å². The molecule has 0 saturated carbocycles. The largest absolute Gasteiger partial charge is 0.480 e. The highest BCUT2D eigenvalue weighted by atomic mass is 35.5. The van der Waals surface area contributed by atoms with Gasteiger partial charge in [0.05, 0.1) is 0 Å². The van der Waals surface area contributed by atoms with Crippen molar-refractivity contribution in [3.63, 3.8) is 0 Å². The topological polar surface area (TPSA) is 52.6 Å². The van der Waals surface area contributed by atoms with Crippen LogP contribution in [0, 0.1) is 0 Å². The third-order valence-electron chi connectivity index (χ3n) is 3.36. The molecule has 2 aliphatic heterocycles. The van der Waals surface area contributed by atoms with Gasteiger partial charge in [0, 0.05) is 6.04 Å². The number of hydrogen-bond acceptors (Lipinski definition) is 3. The quantitative estimate of drug-likeness (QED) is 0.739. The molecule has 0 amide bonds. The smallest absolute Gasteiger partial charge is 0.320 e. The number of nitrogens with one attached hydrogen (secondary N) is 1. The Morgan fingerprint density at radius 2 is 1.93 bits per heavy atom. The molecule has 5 heteroatoms. The number of carboxylic acids is 1. The van der Waals surface area contributed by atoms with E-state index in [2.05, 4.69) is 10.2 Å². The van der Waals surface area contributed by atoms with Crippen molar-refractivity contribution in [2.24, 2.45) is 0 Å². The maximum Gasteiger partial charge on any atom is 0.320 e. The minimum Gasteiger partial charge on any atom is -0.480 e. The van der Waals surface area contributed by atoms with Crippen molar-refractivity contribution in [1.82, 2.24) is 10.2 Å². The predicted molar refractivity (Wildman–Crippen MR) is 60.5 cm³/mol. The number of carboxylic acid groups (broad SMARTS) is 1. The van der Waals surface area contributed by atoms with E-state index in [0.717, 1.165) is 45.3 Å². The van der Waals surface area contributed by atoms with Gasteiger partial charge in [-0.15, -0.1) is 12.4 Å². The Morgan fingerprint density at radius 1 is 1.27 bits per heavy atom. The van der Waals surface area contributed by atoms with Crippen LogP contribution < -0.4 is 5.32 Å². The molecular weight excluding hydrogens is 216 g/mol. The number of carbonyl (C=O) groups is 1. The molecule has 0 radical (unpaired) electrons. The van der Waals surface area contributed by atoms with Crippen molar-refractivity contribution in [2.75, 3.05) is 19.6 Å². The minimum absolute atomic E-state index is 0. The standard InChI is InChI=1S/C10H18N2O2.ClH/c13-10(14)9-2-1-7-12(9)8-3-5-11-6-4-8;/h8-9,11H,1-7H2,(H,13,14);1H/t9-;/m0./s1. The molecule has 0 bridgehead atoms. The predicted octanol–water partition coefficient (Wildman–Crippen LogP) is 0.709. The Kier molecular flexibility index (Phi) is 4.83. The molecule has 2 aliphatic rings. The summed E-state index contributed by atoms with van der Waals surface area (Å²) >= 11 is 0. The lowest BCUT2D eigenvalue weighted by atomic mass is 10.0. The van der Waals surface area contributed by atoms with E-state index < -0.39 is 5.97 Å². The third kappa shape index (κ3) is 2.83. The average molecular weight is 235 g/mol. The zero-order valence-corrected chi connectivity index (χ0v) is 9.63. The molecular formula is C10H19ClN2O2. The molecule has 2 N–H and O–H groups in total. The van der Waals surface area contributed by atoms with E-state index in [1.807, 2.05) is 0 Å². The maximum atomic E-state index is 11.0. The molecule has 2 rings (SSSR count). The Morgan fingerprint density at radius 3 is 2.53 bits per heavy atom. The van der Waals surface area contributed by atoms with E-state index in [0.29, 0.717) is 6.04 Å². The molecule has 0 aromatic carbocycles. The Labute approximate surface area is 96.4 Å². The summed E-state index contributed by atoms with van der Waals surface area (Å²) in [5, 5.41) is 12.4. The fraction of sp³-hybridized carbons (Fsp3) is 0.900. The van der Waals surface area contributed by atoms with Crippen LogP contribution in [0.15, 0.2) is 0 Å². The zero-order valence-electron chi connectivity index (χ0n) is 8.82. The van der Waals surface area contributed by atoms with Crippen molar-refractivity contribution in [3.8, 4) is 0 Å². The Balaban J connectivity index is 0.00000112. The molecule has 2 saturated heterocycles. The van der Waals surface area contributed by atoms with Gasteiger partial charge in [-0.25, -0.2) is 0 Å². The number of hydrogen-bond donors (Lipinski definition) is 2. The summed E-state index contributed by atoms with van der Waals surface area (Å²) in [4.78, 5) is 13.2. The van der Waals surface area contributed by atoms with Crippen LogP contribution in [-0.4, -0.2) is 47.7 Å². The van der Waals surface area contributed by atoms with Crippen molar-refractivity contribution in [2.45, 2.75) is 37.8 Å². The molecule has 2 heterocycles. The molecule has 15 heavy (non-hydrogen) atoms. The molecule has 0 aromatic rings. The van der Waals surface area contributed by atoms with Gasteiger partial charge in [0.2, 0.25) is 0 Å². The summed E-state index contributed by atoms with van der Waals surface area (Å²) in [6.07, 6.45) is 4.08. The lowest BCUT2D eigenvalue weighted by Gasteiger charge is -2.34. The van der Waals surface area contributed by atoms with E-state index in [-0.39, 0.29) is 18.4 Å². The fourth-order valence-electron chi connectivity index (χ4n) is 2.63. The second-order valence-corrected chi connectivity index (χ2v) is 4.22. The first-order chi connectivity index (χ1) is 6.79. The van der Waals surface area contributed by atoms with Crippen LogP contribution in [0.1, 0.15) is 25.7 Å². The van der Waals surface area contributed by atoms with Crippen molar-refractivity contribution < 1.29 is 9.90 Å². The molecule has 0 spiro atoms. The van der Waals surface area contributed by atoms with Crippen LogP contribution in [0.2, 0.25) is 0 Å². The van der Waals surface area contributed by atoms with Crippen LogP contribution >= 0.6 is 12.4 Å².